The first-order valence-electron chi connectivity index (χ1n) is 11.7. The highest BCUT2D eigenvalue weighted by molar-refractivity contribution is 5.72. The van der Waals surface area contributed by atoms with Crippen molar-refractivity contribution in [1.29, 1.82) is 0 Å². The highest BCUT2D eigenvalue weighted by Gasteiger charge is 2.39. The Morgan fingerprint density at radius 2 is 1.35 bits per heavy atom. The van der Waals surface area contributed by atoms with Crippen LogP contribution in [0.2, 0.25) is 0 Å². The van der Waals surface area contributed by atoms with Crippen molar-refractivity contribution in [1.82, 2.24) is 0 Å². The molecule has 2 aliphatic rings. The Morgan fingerprint density at radius 3 is 1.87 bits per heavy atom. The highest BCUT2D eigenvalue weighted by atomic mass is 127. The van der Waals surface area contributed by atoms with Crippen LogP contribution in [-0.4, -0.2) is 50.5 Å². The van der Waals surface area contributed by atoms with E-state index >= 15 is 0 Å². The molecule has 2 saturated carbocycles. The Kier molecular flexibility index (Phi) is 10.5. The van der Waals surface area contributed by atoms with Crippen LogP contribution in [0.4, 0.5) is 0 Å². The number of ether oxygens (including phenoxy) is 4. The lowest BCUT2D eigenvalue weighted by Crippen LogP contribution is -3.68. The summed E-state index contributed by atoms with van der Waals surface area (Å²) in [5, 5.41) is 0. The minimum atomic E-state index is -0.460. The SMILES string of the molecule is CC(C)(C)OCOC(=O)C1CCC([I+]C2CCC(OCC(=O)OC(C)(C)C)CC2)CC1. The Hall–Kier alpha value is -0.410. The average Bonchev–Trinajstić information content (AvgIpc) is 2.65. The predicted molar refractivity (Wildman–Crippen MR) is 115 cm³/mol. The molecule has 0 bridgehead atoms. The van der Waals surface area contributed by atoms with Crippen LogP contribution < -0.4 is 21.2 Å². The van der Waals surface area contributed by atoms with Gasteiger partial charge in [0, 0.05) is 0 Å². The van der Waals surface area contributed by atoms with Crippen molar-refractivity contribution in [3.05, 3.63) is 0 Å². The van der Waals surface area contributed by atoms with Crippen molar-refractivity contribution in [2.24, 2.45) is 5.92 Å². The van der Waals surface area contributed by atoms with Gasteiger partial charge >= 0.3 is 11.9 Å². The van der Waals surface area contributed by atoms with Gasteiger partial charge in [0.15, 0.2) is 14.6 Å². The van der Waals surface area contributed by atoms with Crippen LogP contribution in [0.5, 0.6) is 0 Å². The zero-order valence-corrected chi connectivity index (χ0v) is 22.4. The molecule has 2 rings (SSSR count). The second-order valence-electron chi connectivity index (χ2n) is 10.7. The molecule has 0 spiro atoms. The number of carbonyl (C=O) groups excluding carboxylic acids is 2. The van der Waals surface area contributed by atoms with Gasteiger partial charge in [0.1, 0.15) is 12.2 Å². The molecule has 0 amide bonds. The molecule has 2 fully saturated rings. The summed E-state index contributed by atoms with van der Waals surface area (Å²) in [5.41, 5.74) is -0.749. The van der Waals surface area contributed by atoms with E-state index in [4.69, 9.17) is 18.9 Å². The lowest BCUT2D eigenvalue weighted by atomic mass is 9.89. The molecule has 0 N–H and O–H groups in total. The molecular formula is C24H42IO6+. The summed E-state index contributed by atoms with van der Waals surface area (Å²) in [6, 6.07) is 0. The second kappa shape index (κ2) is 12.2. The van der Waals surface area contributed by atoms with E-state index in [9.17, 15) is 9.59 Å². The van der Waals surface area contributed by atoms with Crippen molar-refractivity contribution in [2.75, 3.05) is 13.4 Å². The molecule has 2 aliphatic carbocycles. The van der Waals surface area contributed by atoms with E-state index in [1.165, 1.54) is 12.8 Å². The first-order valence-corrected chi connectivity index (χ1v) is 14.2. The molecule has 180 valence electrons. The van der Waals surface area contributed by atoms with Crippen LogP contribution in [0.15, 0.2) is 0 Å². The summed E-state index contributed by atoms with van der Waals surface area (Å²) in [7, 11) is 0. The van der Waals surface area contributed by atoms with E-state index in [2.05, 4.69) is 0 Å². The van der Waals surface area contributed by atoms with Crippen molar-refractivity contribution in [3.8, 4) is 0 Å². The molecule has 0 atom stereocenters. The van der Waals surface area contributed by atoms with Gasteiger partial charge in [-0.2, -0.15) is 0 Å². The summed E-state index contributed by atoms with van der Waals surface area (Å²) >= 11 is 0.131. The molecule has 0 aromatic carbocycles. The Morgan fingerprint density at radius 1 is 0.806 bits per heavy atom. The quantitative estimate of drug-likeness (QED) is 0.197. The first-order chi connectivity index (χ1) is 14.4. The summed E-state index contributed by atoms with van der Waals surface area (Å²) in [6.45, 7) is 11.6. The molecule has 0 aromatic rings. The van der Waals surface area contributed by atoms with Crippen molar-refractivity contribution >= 4 is 11.9 Å². The van der Waals surface area contributed by atoms with Gasteiger partial charge in [0.25, 0.3) is 21.2 Å². The molecule has 6 nitrogen and oxygen atoms in total. The van der Waals surface area contributed by atoms with E-state index in [0.29, 0.717) is 0 Å². The molecule has 7 heteroatoms. The molecule has 0 heterocycles. The monoisotopic (exact) mass is 553 g/mol. The molecule has 31 heavy (non-hydrogen) atoms. The average molecular weight is 553 g/mol. The number of alkyl halides is 2. The fourth-order valence-electron chi connectivity index (χ4n) is 3.92. The van der Waals surface area contributed by atoms with Crippen LogP contribution >= 0.6 is 0 Å². The van der Waals surface area contributed by atoms with Gasteiger partial charge in [0.05, 0.1) is 17.6 Å². The van der Waals surface area contributed by atoms with Gasteiger partial charge in [-0.25, -0.2) is 4.79 Å². The minimum Gasteiger partial charge on any atom is -0.458 e. The fourth-order valence-corrected chi connectivity index (χ4v) is 8.24. The number of hydrogen-bond acceptors (Lipinski definition) is 6. The van der Waals surface area contributed by atoms with Gasteiger partial charge in [-0.3, -0.25) is 4.79 Å². The van der Waals surface area contributed by atoms with Crippen LogP contribution in [0, 0.1) is 5.92 Å². The van der Waals surface area contributed by atoms with Gasteiger partial charge < -0.3 is 18.9 Å². The zero-order chi connectivity index (χ0) is 23.1. The summed E-state index contributed by atoms with van der Waals surface area (Å²) in [4.78, 5) is 24.1. The summed E-state index contributed by atoms with van der Waals surface area (Å²) in [6.07, 6.45) is 8.90. The number of carbonyl (C=O) groups is 2. The van der Waals surface area contributed by atoms with Crippen LogP contribution in [-0.2, 0) is 28.5 Å². The fraction of sp³-hybridized carbons (Fsp3) is 0.917. The van der Waals surface area contributed by atoms with Gasteiger partial charge in [-0.1, -0.05) is 0 Å². The normalized spacial score (nSPS) is 27.5. The maximum Gasteiger partial charge on any atom is 0.332 e. The van der Waals surface area contributed by atoms with Crippen LogP contribution in [0.1, 0.15) is 92.9 Å². The van der Waals surface area contributed by atoms with E-state index in [1.54, 1.807) is 0 Å². The van der Waals surface area contributed by atoms with Crippen LogP contribution in [0.3, 0.4) is 0 Å². The smallest absolute Gasteiger partial charge is 0.332 e. The molecule has 0 aromatic heterocycles. The number of hydrogen-bond donors (Lipinski definition) is 0. The maximum absolute atomic E-state index is 12.3. The standard InChI is InChI=1S/C24H42IO6/c1-23(2,3)30-16-29-22(27)17-7-9-18(10-8-17)25-19-11-13-20(14-12-19)28-15-21(26)31-24(4,5)6/h17-20H,7-16H2,1-6H3/q+1. The Balaban J connectivity index is 1.58. The lowest BCUT2D eigenvalue weighted by Gasteiger charge is -2.27. The highest BCUT2D eigenvalue weighted by Crippen LogP contribution is 2.24. The van der Waals surface area contributed by atoms with Crippen molar-refractivity contribution in [2.45, 2.75) is 118 Å². The van der Waals surface area contributed by atoms with Crippen LogP contribution in [0.25, 0.3) is 0 Å². The minimum absolute atomic E-state index is 0.0424. The predicted octanol–water partition coefficient (Wildman–Crippen LogP) is 1.62. The Labute approximate surface area is 198 Å². The lowest BCUT2D eigenvalue weighted by molar-refractivity contribution is -0.726. The van der Waals surface area contributed by atoms with Crippen molar-refractivity contribution in [3.63, 3.8) is 0 Å². The van der Waals surface area contributed by atoms with E-state index in [-0.39, 0.29) is 64.2 Å². The third-order valence-corrected chi connectivity index (χ3v) is 10.0. The number of esters is 2. The van der Waals surface area contributed by atoms with Gasteiger partial charge in [0.2, 0.25) is 0 Å². The molecular weight excluding hydrogens is 511 g/mol. The molecule has 0 unspecified atom stereocenters. The molecule has 0 radical (unpaired) electrons. The van der Waals surface area contributed by atoms with E-state index < -0.39 is 5.60 Å². The van der Waals surface area contributed by atoms with Gasteiger partial charge in [-0.05, 0) is 92.9 Å². The Bertz CT molecular complexity index is 564. The second-order valence-corrected chi connectivity index (χ2v) is 14.9. The number of rotatable bonds is 8. The van der Waals surface area contributed by atoms with E-state index in [0.717, 1.165) is 46.4 Å². The zero-order valence-electron chi connectivity index (χ0n) is 20.2. The molecule has 0 saturated heterocycles. The molecule has 0 aliphatic heterocycles. The largest absolute Gasteiger partial charge is 0.458 e. The first kappa shape index (κ1) is 26.8. The third kappa shape index (κ3) is 11.3. The summed E-state index contributed by atoms with van der Waals surface area (Å²) in [5.74, 6) is -0.327. The van der Waals surface area contributed by atoms with E-state index in [1.807, 2.05) is 41.5 Å². The maximum atomic E-state index is 12.3. The van der Waals surface area contributed by atoms with Gasteiger partial charge in [-0.15, -0.1) is 0 Å². The topological polar surface area (TPSA) is 71.1 Å². The van der Waals surface area contributed by atoms with Crippen molar-refractivity contribution < 1.29 is 49.7 Å². The number of halogens is 1. The summed E-state index contributed by atoms with van der Waals surface area (Å²) < 4.78 is 23.6. The third-order valence-electron chi connectivity index (χ3n) is 5.50.